The van der Waals surface area contributed by atoms with Gasteiger partial charge in [0.15, 0.2) is 0 Å². The van der Waals surface area contributed by atoms with Crippen LogP contribution in [-0.4, -0.2) is 50.4 Å². The molecule has 0 saturated carbocycles. The number of hydrogen-bond acceptors (Lipinski definition) is 4. The monoisotopic (exact) mass is 282 g/mol. The Morgan fingerprint density at radius 3 is 3.15 bits per heavy atom. The van der Waals surface area contributed by atoms with E-state index in [-0.39, 0.29) is 12.1 Å². The SMILES string of the molecule is COCCN(Cc1ccco1)C(=O)NCC1CCCO1. The van der Waals surface area contributed by atoms with Crippen LogP contribution >= 0.6 is 0 Å². The summed E-state index contributed by atoms with van der Waals surface area (Å²) in [6.07, 6.45) is 3.83. The summed E-state index contributed by atoms with van der Waals surface area (Å²) in [5.74, 6) is 0.758. The van der Waals surface area contributed by atoms with Gasteiger partial charge < -0.3 is 24.1 Å². The minimum absolute atomic E-state index is 0.117. The van der Waals surface area contributed by atoms with Crippen molar-refractivity contribution in [2.75, 3.05) is 33.4 Å². The first-order chi connectivity index (χ1) is 9.79. The second-order valence-corrected chi connectivity index (χ2v) is 4.81. The van der Waals surface area contributed by atoms with Crippen molar-refractivity contribution in [1.82, 2.24) is 10.2 Å². The van der Waals surface area contributed by atoms with Gasteiger partial charge in [-0.15, -0.1) is 0 Å². The summed E-state index contributed by atoms with van der Waals surface area (Å²) in [6.45, 7) is 2.80. The van der Waals surface area contributed by atoms with Crippen molar-refractivity contribution in [1.29, 1.82) is 0 Å². The van der Waals surface area contributed by atoms with Gasteiger partial charge in [0.25, 0.3) is 0 Å². The molecule has 0 aromatic carbocycles. The zero-order valence-electron chi connectivity index (χ0n) is 11.8. The van der Waals surface area contributed by atoms with E-state index in [4.69, 9.17) is 13.9 Å². The largest absolute Gasteiger partial charge is 0.467 e. The van der Waals surface area contributed by atoms with Crippen molar-refractivity contribution in [3.63, 3.8) is 0 Å². The molecule has 1 aliphatic rings. The van der Waals surface area contributed by atoms with Crippen molar-refractivity contribution in [2.45, 2.75) is 25.5 Å². The van der Waals surface area contributed by atoms with Crippen molar-refractivity contribution in [3.8, 4) is 0 Å². The standard InChI is InChI=1S/C14H22N2O4/c1-18-9-6-16(11-13-5-3-8-20-13)14(17)15-10-12-4-2-7-19-12/h3,5,8,12H,2,4,6-7,9-11H2,1H3,(H,15,17). The lowest BCUT2D eigenvalue weighted by Gasteiger charge is -2.22. The first kappa shape index (κ1) is 14.9. The van der Waals surface area contributed by atoms with Gasteiger partial charge in [0.2, 0.25) is 0 Å². The van der Waals surface area contributed by atoms with Crippen LogP contribution in [0.25, 0.3) is 0 Å². The van der Waals surface area contributed by atoms with Gasteiger partial charge in [0.05, 0.1) is 25.5 Å². The Bertz CT molecular complexity index is 388. The molecule has 0 radical (unpaired) electrons. The van der Waals surface area contributed by atoms with Crippen LogP contribution in [0, 0.1) is 0 Å². The van der Waals surface area contributed by atoms with Gasteiger partial charge in [-0.2, -0.15) is 0 Å². The molecule has 1 atom stereocenters. The molecule has 20 heavy (non-hydrogen) atoms. The van der Waals surface area contributed by atoms with Crippen molar-refractivity contribution in [3.05, 3.63) is 24.2 Å². The number of rotatable bonds is 7. The second-order valence-electron chi connectivity index (χ2n) is 4.81. The lowest BCUT2D eigenvalue weighted by Crippen LogP contribution is -2.43. The van der Waals surface area contributed by atoms with Crippen molar-refractivity contribution >= 4 is 6.03 Å². The summed E-state index contributed by atoms with van der Waals surface area (Å²) >= 11 is 0. The molecular formula is C14H22N2O4. The highest BCUT2D eigenvalue weighted by Crippen LogP contribution is 2.11. The van der Waals surface area contributed by atoms with E-state index in [0.29, 0.717) is 26.2 Å². The summed E-state index contributed by atoms with van der Waals surface area (Å²) in [5.41, 5.74) is 0. The number of nitrogens with zero attached hydrogens (tertiary/aromatic N) is 1. The van der Waals surface area contributed by atoms with Crippen LogP contribution in [0.5, 0.6) is 0 Å². The molecule has 2 heterocycles. The first-order valence-electron chi connectivity index (χ1n) is 6.95. The fourth-order valence-corrected chi connectivity index (χ4v) is 2.16. The lowest BCUT2D eigenvalue weighted by molar-refractivity contribution is 0.106. The van der Waals surface area contributed by atoms with Crippen LogP contribution in [0.4, 0.5) is 4.79 Å². The predicted octanol–water partition coefficient (Wildman–Crippen LogP) is 1.62. The number of methoxy groups -OCH3 is 1. The molecule has 0 spiro atoms. The lowest BCUT2D eigenvalue weighted by atomic mass is 10.2. The van der Waals surface area contributed by atoms with E-state index in [1.807, 2.05) is 12.1 Å². The van der Waals surface area contributed by atoms with Gasteiger partial charge in [-0.05, 0) is 25.0 Å². The second kappa shape index (κ2) is 7.91. The van der Waals surface area contributed by atoms with Crippen LogP contribution in [0.3, 0.4) is 0 Å². The van der Waals surface area contributed by atoms with Gasteiger partial charge in [-0.25, -0.2) is 4.79 Å². The predicted molar refractivity (Wildman–Crippen MR) is 73.4 cm³/mol. The van der Waals surface area contributed by atoms with Crippen molar-refractivity contribution < 1.29 is 18.7 Å². The Balaban J connectivity index is 1.82. The molecule has 1 saturated heterocycles. The van der Waals surface area contributed by atoms with Crippen LogP contribution < -0.4 is 5.32 Å². The number of amides is 2. The minimum atomic E-state index is -0.117. The summed E-state index contributed by atoms with van der Waals surface area (Å²) < 4.78 is 15.8. The van der Waals surface area contributed by atoms with Crippen molar-refractivity contribution in [2.24, 2.45) is 0 Å². The average Bonchev–Trinajstić information content (AvgIpc) is 3.13. The highest BCUT2D eigenvalue weighted by molar-refractivity contribution is 5.74. The molecule has 1 N–H and O–H groups in total. The summed E-state index contributed by atoms with van der Waals surface area (Å²) in [6, 6.07) is 3.55. The Kier molecular flexibility index (Phi) is 5.88. The summed E-state index contributed by atoms with van der Waals surface area (Å²) in [4.78, 5) is 13.9. The summed E-state index contributed by atoms with van der Waals surface area (Å²) in [7, 11) is 1.62. The zero-order valence-corrected chi connectivity index (χ0v) is 11.8. The van der Waals surface area contributed by atoms with E-state index in [2.05, 4.69) is 5.32 Å². The molecule has 1 fully saturated rings. The van der Waals surface area contributed by atoms with Gasteiger partial charge in [-0.1, -0.05) is 0 Å². The Morgan fingerprint density at radius 2 is 2.50 bits per heavy atom. The fourth-order valence-electron chi connectivity index (χ4n) is 2.16. The van der Waals surface area contributed by atoms with Gasteiger partial charge in [0, 0.05) is 26.8 Å². The molecule has 2 rings (SSSR count). The highest BCUT2D eigenvalue weighted by atomic mass is 16.5. The minimum Gasteiger partial charge on any atom is -0.467 e. The van der Waals surface area contributed by atoms with E-state index in [9.17, 15) is 4.79 Å². The van der Waals surface area contributed by atoms with E-state index >= 15 is 0 Å². The van der Waals surface area contributed by atoms with Crippen LogP contribution in [0.15, 0.2) is 22.8 Å². The third kappa shape index (κ3) is 4.54. The highest BCUT2D eigenvalue weighted by Gasteiger charge is 2.19. The molecule has 1 aromatic rings. The van der Waals surface area contributed by atoms with E-state index < -0.39 is 0 Å². The van der Waals surface area contributed by atoms with E-state index in [1.165, 1.54) is 0 Å². The number of hydrogen-bond donors (Lipinski definition) is 1. The molecule has 1 unspecified atom stereocenters. The average molecular weight is 282 g/mol. The molecule has 1 aromatic heterocycles. The number of urea groups is 1. The van der Waals surface area contributed by atoms with Gasteiger partial charge >= 0.3 is 6.03 Å². The Labute approximate surface area is 119 Å². The normalized spacial score (nSPS) is 18.1. The van der Waals surface area contributed by atoms with Crippen LogP contribution in [0.1, 0.15) is 18.6 Å². The van der Waals surface area contributed by atoms with Crippen LogP contribution in [0.2, 0.25) is 0 Å². The smallest absolute Gasteiger partial charge is 0.317 e. The molecule has 2 amide bonds. The summed E-state index contributed by atoms with van der Waals surface area (Å²) in [5, 5.41) is 2.91. The number of carbonyl (C=O) groups is 1. The zero-order chi connectivity index (χ0) is 14.2. The Morgan fingerprint density at radius 1 is 1.60 bits per heavy atom. The van der Waals surface area contributed by atoms with E-state index in [0.717, 1.165) is 25.2 Å². The quantitative estimate of drug-likeness (QED) is 0.825. The van der Waals surface area contributed by atoms with E-state index in [1.54, 1.807) is 18.3 Å². The maximum atomic E-state index is 12.2. The molecule has 0 bridgehead atoms. The number of nitrogens with one attached hydrogen (secondary N) is 1. The maximum Gasteiger partial charge on any atom is 0.317 e. The molecule has 0 aliphatic carbocycles. The third-order valence-corrected chi connectivity index (χ3v) is 3.28. The van der Waals surface area contributed by atoms with Gasteiger partial charge in [0.1, 0.15) is 5.76 Å². The van der Waals surface area contributed by atoms with Gasteiger partial charge in [-0.3, -0.25) is 0 Å². The number of carbonyl (C=O) groups excluding carboxylic acids is 1. The first-order valence-corrected chi connectivity index (χ1v) is 6.95. The molecular weight excluding hydrogens is 260 g/mol. The molecule has 6 heteroatoms. The number of furan rings is 1. The Hall–Kier alpha value is -1.53. The molecule has 1 aliphatic heterocycles. The topological polar surface area (TPSA) is 63.9 Å². The number of ether oxygens (including phenoxy) is 2. The maximum absolute atomic E-state index is 12.2. The molecule has 6 nitrogen and oxygen atoms in total. The third-order valence-electron chi connectivity index (χ3n) is 3.28. The fraction of sp³-hybridized carbons (Fsp3) is 0.643. The van der Waals surface area contributed by atoms with Crippen LogP contribution in [-0.2, 0) is 16.0 Å². The molecule has 112 valence electrons.